The van der Waals surface area contributed by atoms with E-state index in [9.17, 15) is 18.0 Å². The van der Waals surface area contributed by atoms with Crippen LogP contribution in [-0.4, -0.2) is 42.3 Å². The van der Waals surface area contributed by atoms with Gasteiger partial charge >= 0.3 is 6.36 Å². The molecule has 1 aromatic heterocycles. The van der Waals surface area contributed by atoms with Crippen LogP contribution in [0.15, 0.2) is 42.5 Å². The zero-order valence-electron chi connectivity index (χ0n) is 15.2. The molecule has 0 spiro atoms. The lowest BCUT2D eigenvalue weighted by Gasteiger charge is -2.38. The van der Waals surface area contributed by atoms with Gasteiger partial charge in [0.25, 0.3) is 0 Å². The molecular weight excluding hydrogens is 375 g/mol. The molecule has 1 amide bonds. The van der Waals surface area contributed by atoms with E-state index < -0.39 is 12.2 Å². The van der Waals surface area contributed by atoms with E-state index in [1.54, 1.807) is 25.2 Å². The number of carbonyl (C=O) groups is 1. The highest BCUT2D eigenvalue weighted by Crippen LogP contribution is 2.22. The third-order valence-electron chi connectivity index (χ3n) is 4.29. The average Bonchev–Trinajstić information content (AvgIpc) is 2.62. The molecule has 28 heavy (non-hydrogen) atoms. The first kappa shape index (κ1) is 19.9. The Labute approximate surface area is 160 Å². The van der Waals surface area contributed by atoms with Gasteiger partial charge in [-0.15, -0.1) is 13.2 Å². The van der Waals surface area contributed by atoms with Gasteiger partial charge in [-0.1, -0.05) is 18.2 Å². The van der Waals surface area contributed by atoms with Crippen molar-refractivity contribution in [2.45, 2.75) is 19.5 Å². The van der Waals surface area contributed by atoms with E-state index in [0.29, 0.717) is 11.4 Å². The van der Waals surface area contributed by atoms with E-state index in [4.69, 9.17) is 4.74 Å². The number of nitrogens with zero attached hydrogens (tertiary/aromatic N) is 2. The summed E-state index contributed by atoms with van der Waals surface area (Å²) in [6.07, 6.45) is -4.78. The van der Waals surface area contributed by atoms with Crippen molar-refractivity contribution in [2.75, 3.05) is 20.1 Å². The van der Waals surface area contributed by atoms with E-state index in [-0.39, 0.29) is 18.4 Å². The maximum Gasteiger partial charge on any atom is 0.574 e. The molecule has 6 nitrogen and oxygen atoms in total. The van der Waals surface area contributed by atoms with Crippen molar-refractivity contribution in [1.29, 1.82) is 0 Å². The van der Waals surface area contributed by atoms with Crippen molar-refractivity contribution in [2.24, 2.45) is 5.92 Å². The number of carbonyl (C=O) groups excluding carboxylic acids is 1. The number of nitrogens with one attached hydrogen (secondary N) is 1. The van der Waals surface area contributed by atoms with Crippen molar-refractivity contribution in [3.8, 4) is 11.6 Å². The highest BCUT2D eigenvalue weighted by Gasteiger charge is 2.32. The lowest BCUT2D eigenvalue weighted by Crippen LogP contribution is -2.52. The van der Waals surface area contributed by atoms with Gasteiger partial charge in [0, 0.05) is 32.7 Å². The summed E-state index contributed by atoms with van der Waals surface area (Å²) in [7, 11) is 1.64. The van der Waals surface area contributed by atoms with Gasteiger partial charge in [-0.05, 0) is 23.8 Å². The Balaban J connectivity index is 1.47. The summed E-state index contributed by atoms with van der Waals surface area (Å²) in [6.45, 7) is 2.24. The van der Waals surface area contributed by atoms with Gasteiger partial charge in [-0.3, -0.25) is 9.69 Å². The average molecular weight is 395 g/mol. The molecule has 1 N–H and O–H groups in total. The Hall–Kier alpha value is -2.81. The molecule has 1 fully saturated rings. The molecule has 2 heterocycles. The maximum atomic E-state index is 12.2. The molecule has 1 aliphatic rings. The van der Waals surface area contributed by atoms with Crippen LogP contribution in [0.5, 0.6) is 11.6 Å². The van der Waals surface area contributed by atoms with Crippen molar-refractivity contribution < 1.29 is 27.4 Å². The minimum Gasteiger partial charge on any atom is -0.487 e. The molecule has 0 saturated carbocycles. The SMILES string of the molecule is CNC(=O)C1CN(Cc2ccc(OCc3cccc(OC(F)(F)F)n3)cc2)C1. The molecule has 1 aliphatic heterocycles. The van der Waals surface area contributed by atoms with E-state index in [1.165, 1.54) is 6.07 Å². The minimum absolute atomic E-state index is 0.0222. The van der Waals surface area contributed by atoms with E-state index >= 15 is 0 Å². The largest absolute Gasteiger partial charge is 0.574 e. The van der Waals surface area contributed by atoms with Crippen LogP contribution in [0.25, 0.3) is 0 Å². The summed E-state index contributed by atoms with van der Waals surface area (Å²) in [6, 6.07) is 11.5. The molecule has 0 bridgehead atoms. The van der Waals surface area contributed by atoms with Crippen molar-refractivity contribution in [3.63, 3.8) is 0 Å². The third kappa shape index (κ3) is 5.59. The van der Waals surface area contributed by atoms with Crippen LogP contribution >= 0.6 is 0 Å². The molecule has 3 rings (SSSR count). The summed E-state index contributed by atoms with van der Waals surface area (Å²) in [4.78, 5) is 17.4. The number of pyridine rings is 1. The summed E-state index contributed by atoms with van der Waals surface area (Å²) in [5, 5.41) is 2.65. The fourth-order valence-corrected chi connectivity index (χ4v) is 2.89. The topological polar surface area (TPSA) is 63.7 Å². The highest BCUT2D eigenvalue weighted by atomic mass is 19.4. The van der Waals surface area contributed by atoms with Crippen molar-refractivity contribution >= 4 is 5.91 Å². The van der Waals surface area contributed by atoms with Crippen LogP contribution in [0, 0.1) is 5.92 Å². The minimum atomic E-state index is -4.78. The Morgan fingerprint density at radius 1 is 1.21 bits per heavy atom. The number of benzene rings is 1. The molecule has 0 radical (unpaired) electrons. The molecule has 150 valence electrons. The summed E-state index contributed by atoms with van der Waals surface area (Å²) in [5.74, 6) is 0.184. The van der Waals surface area contributed by atoms with Gasteiger partial charge in [-0.25, -0.2) is 4.98 Å². The lowest BCUT2D eigenvalue weighted by atomic mass is 9.98. The first-order valence-corrected chi connectivity index (χ1v) is 8.70. The van der Waals surface area contributed by atoms with Gasteiger partial charge in [-0.2, -0.15) is 0 Å². The first-order chi connectivity index (χ1) is 13.3. The standard InChI is InChI=1S/C19H20F3N3O3/c1-23-18(26)14-10-25(11-14)9-13-5-7-16(8-6-13)27-12-15-3-2-4-17(24-15)28-19(20,21)22/h2-8,14H,9-12H2,1H3,(H,23,26). The molecule has 9 heteroatoms. The normalized spacial score (nSPS) is 15.0. The third-order valence-corrected chi connectivity index (χ3v) is 4.29. The molecule has 1 saturated heterocycles. The zero-order chi connectivity index (χ0) is 20.1. The van der Waals surface area contributed by atoms with Gasteiger partial charge in [0.15, 0.2) is 0 Å². The summed E-state index contributed by atoms with van der Waals surface area (Å²) in [5.41, 5.74) is 1.41. The quantitative estimate of drug-likeness (QED) is 0.781. The van der Waals surface area contributed by atoms with Gasteiger partial charge in [0.1, 0.15) is 12.4 Å². The number of halogens is 3. The Morgan fingerprint density at radius 2 is 1.93 bits per heavy atom. The molecule has 0 aliphatic carbocycles. The Bertz CT molecular complexity index is 806. The first-order valence-electron chi connectivity index (χ1n) is 8.70. The molecule has 1 aromatic carbocycles. The van der Waals surface area contributed by atoms with Crippen LogP contribution in [0.1, 0.15) is 11.3 Å². The van der Waals surface area contributed by atoms with Crippen molar-refractivity contribution in [1.82, 2.24) is 15.2 Å². The van der Waals surface area contributed by atoms with E-state index in [1.807, 2.05) is 12.1 Å². The summed E-state index contributed by atoms with van der Waals surface area (Å²) < 4.78 is 46.1. The number of hydrogen-bond donors (Lipinski definition) is 1. The second kappa shape index (κ2) is 8.47. The molecule has 0 unspecified atom stereocenters. The molecule has 0 atom stereocenters. The fourth-order valence-electron chi connectivity index (χ4n) is 2.89. The number of amides is 1. The zero-order valence-corrected chi connectivity index (χ0v) is 15.2. The Morgan fingerprint density at radius 3 is 2.57 bits per heavy atom. The van der Waals surface area contributed by atoms with Gasteiger partial charge < -0.3 is 14.8 Å². The van der Waals surface area contributed by atoms with Crippen LogP contribution in [0.3, 0.4) is 0 Å². The monoisotopic (exact) mass is 395 g/mol. The predicted molar refractivity (Wildman–Crippen MR) is 94.5 cm³/mol. The molecule has 2 aromatic rings. The summed E-state index contributed by atoms with van der Waals surface area (Å²) >= 11 is 0. The van der Waals surface area contributed by atoms with Gasteiger partial charge in [0.2, 0.25) is 11.8 Å². The number of rotatable bonds is 7. The highest BCUT2D eigenvalue weighted by molar-refractivity contribution is 5.79. The second-order valence-electron chi connectivity index (χ2n) is 6.45. The molecular formula is C19H20F3N3O3. The van der Waals surface area contributed by atoms with Crippen LogP contribution in [-0.2, 0) is 17.9 Å². The lowest BCUT2D eigenvalue weighted by molar-refractivity contribution is -0.276. The van der Waals surface area contributed by atoms with E-state index in [0.717, 1.165) is 31.3 Å². The van der Waals surface area contributed by atoms with Crippen LogP contribution < -0.4 is 14.8 Å². The number of hydrogen-bond acceptors (Lipinski definition) is 5. The van der Waals surface area contributed by atoms with Crippen LogP contribution in [0.4, 0.5) is 13.2 Å². The van der Waals surface area contributed by atoms with Crippen LogP contribution in [0.2, 0.25) is 0 Å². The van der Waals surface area contributed by atoms with Gasteiger partial charge in [0.05, 0.1) is 11.6 Å². The Kier molecular flexibility index (Phi) is 6.03. The second-order valence-corrected chi connectivity index (χ2v) is 6.45. The van der Waals surface area contributed by atoms with Crippen molar-refractivity contribution in [3.05, 3.63) is 53.7 Å². The number of ether oxygens (including phenoxy) is 2. The number of alkyl halides is 3. The number of likely N-dealkylation sites (tertiary alicyclic amines) is 1. The smallest absolute Gasteiger partial charge is 0.487 e. The predicted octanol–water partition coefficient (Wildman–Crippen LogP) is 2.74. The fraction of sp³-hybridized carbons (Fsp3) is 0.368. The van der Waals surface area contributed by atoms with E-state index in [2.05, 4.69) is 19.9 Å². The maximum absolute atomic E-state index is 12.2. The number of aromatic nitrogens is 1.